The van der Waals surface area contributed by atoms with Gasteiger partial charge in [-0.2, -0.15) is 0 Å². The quantitative estimate of drug-likeness (QED) is 0.819. The summed E-state index contributed by atoms with van der Waals surface area (Å²) < 4.78 is 0. The molecule has 2 N–H and O–H groups in total. The van der Waals surface area contributed by atoms with Gasteiger partial charge in [-0.15, -0.1) is 0 Å². The number of carbonyl (C=O) groups is 2. The Morgan fingerprint density at radius 3 is 2.62 bits per heavy atom. The minimum atomic E-state index is -1.18. The van der Waals surface area contributed by atoms with E-state index in [9.17, 15) is 14.7 Å². The van der Waals surface area contributed by atoms with Crippen molar-refractivity contribution in [1.82, 2.24) is 5.32 Å². The lowest BCUT2D eigenvalue weighted by atomic mass is 9.73. The zero-order valence-electron chi connectivity index (χ0n) is 12.1. The molecule has 0 aromatic heterocycles. The molecule has 0 heterocycles. The molecule has 1 aliphatic carbocycles. The van der Waals surface area contributed by atoms with Crippen LogP contribution >= 0.6 is 0 Å². The van der Waals surface area contributed by atoms with Gasteiger partial charge in [0, 0.05) is 11.5 Å². The number of carboxylic acids is 1. The monoisotopic (exact) mass is 285 g/mol. The molecule has 0 bridgehead atoms. The molecule has 1 aromatic rings. The molecule has 1 saturated carbocycles. The van der Waals surface area contributed by atoms with Gasteiger partial charge in [-0.3, -0.25) is 4.79 Å². The number of rotatable bonds is 2. The molecule has 4 heteroatoms. The van der Waals surface area contributed by atoms with Crippen LogP contribution in [-0.2, 0) is 9.59 Å². The third-order valence-electron chi connectivity index (χ3n) is 4.11. The van der Waals surface area contributed by atoms with Crippen molar-refractivity contribution in [2.45, 2.75) is 38.1 Å². The average molecular weight is 285 g/mol. The fourth-order valence-electron chi connectivity index (χ4n) is 2.79. The first-order valence-electron chi connectivity index (χ1n) is 7.17. The predicted molar refractivity (Wildman–Crippen MR) is 79.5 cm³/mol. The van der Waals surface area contributed by atoms with E-state index in [1.807, 2.05) is 25.1 Å². The summed E-state index contributed by atoms with van der Waals surface area (Å²) in [7, 11) is 0. The maximum atomic E-state index is 12.0. The summed E-state index contributed by atoms with van der Waals surface area (Å²) in [5.74, 6) is 3.64. The highest BCUT2D eigenvalue weighted by Gasteiger charge is 2.46. The summed E-state index contributed by atoms with van der Waals surface area (Å²) in [6.07, 6.45) is 3.08. The Labute approximate surface area is 124 Å². The third-order valence-corrected chi connectivity index (χ3v) is 4.11. The molecule has 21 heavy (non-hydrogen) atoms. The maximum absolute atomic E-state index is 12.0. The summed E-state index contributed by atoms with van der Waals surface area (Å²) >= 11 is 0. The van der Waals surface area contributed by atoms with Gasteiger partial charge in [0.15, 0.2) is 0 Å². The van der Waals surface area contributed by atoms with Crippen LogP contribution in [0.2, 0.25) is 0 Å². The molecule has 0 saturated heterocycles. The summed E-state index contributed by atoms with van der Waals surface area (Å²) in [5, 5.41) is 12.2. The van der Waals surface area contributed by atoms with Crippen molar-refractivity contribution in [1.29, 1.82) is 0 Å². The van der Waals surface area contributed by atoms with E-state index in [0.717, 1.165) is 24.8 Å². The third kappa shape index (κ3) is 3.43. The number of amides is 1. The highest BCUT2D eigenvalue weighted by atomic mass is 16.4. The first kappa shape index (κ1) is 15.1. The van der Waals surface area contributed by atoms with Gasteiger partial charge in [-0.25, -0.2) is 4.79 Å². The molecular formula is C17H19NO3. The van der Waals surface area contributed by atoms with E-state index in [1.54, 1.807) is 12.1 Å². The van der Waals surface area contributed by atoms with E-state index >= 15 is 0 Å². The first-order valence-corrected chi connectivity index (χ1v) is 7.17. The van der Waals surface area contributed by atoms with Crippen LogP contribution in [0.4, 0.5) is 0 Å². The average Bonchev–Trinajstić information content (AvgIpc) is 2.48. The van der Waals surface area contributed by atoms with Gasteiger partial charge < -0.3 is 10.4 Å². The predicted octanol–water partition coefficient (Wildman–Crippen LogP) is 2.19. The van der Waals surface area contributed by atoms with Crippen molar-refractivity contribution >= 4 is 11.9 Å². The summed E-state index contributed by atoms with van der Waals surface area (Å²) in [5.41, 5.74) is -0.450. The molecule has 0 aliphatic heterocycles. The summed E-state index contributed by atoms with van der Waals surface area (Å²) in [6.45, 7) is 1.87. The molecule has 1 fully saturated rings. The van der Waals surface area contributed by atoms with E-state index < -0.39 is 17.4 Å². The van der Waals surface area contributed by atoms with Crippen LogP contribution < -0.4 is 5.32 Å². The van der Waals surface area contributed by atoms with Crippen LogP contribution in [0.15, 0.2) is 30.3 Å². The van der Waals surface area contributed by atoms with Crippen molar-refractivity contribution in [2.75, 3.05) is 0 Å². The molecule has 2 rings (SSSR count). The Balaban J connectivity index is 2.13. The fourth-order valence-corrected chi connectivity index (χ4v) is 2.79. The minimum absolute atomic E-state index is 0.0915. The Morgan fingerprint density at radius 2 is 2.00 bits per heavy atom. The molecule has 0 radical (unpaired) electrons. The first-order chi connectivity index (χ1) is 10.0. The molecule has 0 spiro atoms. The number of aliphatic carboxylic acids is 1. The number of benzene rings is 1. The second kappa shape index (κ2) is 6.45. The van der Waals surface area contributed by atoms with Crippen molar-refractivity contribution in [3.8, 4) is 11.8 Å². The smallest absolute Gasteiger partial charge is 0.329 e. The molecular weight excluding hydrogens is 266 g/mol. The van der Waals surface area contributed by atoms with Crippen molar-refractivity contribution in [3.05, 3.63) is 35.9 Å². The van der Waals surface area contributed by atoms with Crippen LogP contribution in [0.1, 0.15) is 38.2 Å². The normalized spacial score (nSPS) is 24.5. The SMILES string of the molecule is CC1CCCCC1(NC(=O)C#Cc1ccccc1)C(=O)O. The molecule has 2 atom stereocenters. The number of carbonyl (C=O) groups excluding carboxylic acids is 1. The molecule has 1 amide bonds. The molecule has 2 unspecified atom stereocenters. The van der Waals surface area contributed by atoms with E-state index in [2.05, 4.69) is 17.2 Å². The minimum Gasteiger partial charge on any atom is -0.479 e. The largest absolute Gasteiger partial charge is 0.479 e. The van der Waals surface area contributed by atoms with E-state index in [1.165, 1.54) is 0 Å². The number of hydrogen-bond donors (Lipinski definition) is 2. The van der Waals surface area contributed by atoms with Gasteiger partial charge >= 0.3 is 5.97 Å². The Bertz CT molecular complexity index is 585. The van der Waals surface area contributed by atoms with Gasteiger partial charge in [0.25, 0.3) is 5.91 Å². The van der Waals surface area contributed by atoms with Gasteiger partial charge in [-0.05, 0) is 30.9 Å². The zero-order chi connectivity index (χ0) is 15.3. The molecule has 4 nitrogen and oxygen atoms in total. The van der Waals surface area contributed by atoms with Crippen molar-refractivity contribution < 1.29 is 14.7 Å². The summed E-state index contributed by atoms with van der Waals surface area (Å²) in [6, 6.07) is 9.15. The lowest BCUT2D eigenvalue weighted by Crippen LogP contribution is -2.59. The van der Waals surface area contributed by atoms with E-state index in [-0.39, 0.29) is 5.92 Å². The van der Waals surface area contributed by atoms with Gasteiger partial charge in [0.05, 0.1) is 0 Å². The van der Waals surface area contributed by atoms with E-state index in [0.29, 0.717) is 6.42 Å². The second-order valence-electron chi connectivity index (χ2n) is 5.49. The zero-order valence-corrected chi connectivity index (χ0v) is 12.1. The molecule has 110 valence electrons. The lowest BCUT2D eigenvalue weighted by Gasteiger charge is -2.39. The Hall–Kier alpha value is -2.28. The second-order valence-corrected chi connectivity index (χ2v) is 5.49. The maximum Gasteiger partial charge on any atom is 0.329 e. The number of carboxylic acid groups (broad SMARTS) is 1. The Kier molecular flexibility index (Phi) is 4.64. The van der Waals surface area contributed by atoms with Crippen LogP contribution in [-0.4, -0.2) is 22.5 Å². The standard InChI is InChI=1S/C17H19NO3/c1-13-7-5-6-12-17(13,16(20)21)18-15(19)11-10-14-8-3-2-4-9-14/h2-4,8-9,13H,5-7,12H2,1H3,(H,18,19)(H,20,21). The highest BCUT2D eigenvalue weighted by Crippen LogP contribution is 2.33. The van der Waals surface area contributed by atoms with Crippen molar-refractivity contribution in [2.24, 2.45) is 5.92 Å². The topological polar surface area (TPSA) is 66.4 Å². The molecule has 1 aliphatic rings. The number of nitrogens with one attached hydrogen (secondary N) is 1. The number of hydrogen-bond acceptors (Lipinski definition) is 2. The van der Waals surface area contributed by atoms with Gasteiger partial charge in [0.2, 0.25) is 0 Å². The van der Waals surface area contributed by atoms with Crippen LogP contribution in [0.25, 0.3) is 0 Å². The van der Waals surface area contributed by atoms with Crippen LogP contribution in [0, 0.1) is 17.8 Å². The van der Waals surface area contributed by atoms with E-state index in [4.69, 9.17) is 0 Å². The van der Waals surface area contributed by atoms with Gasteiger partial charge in [-0.1, -0.05) is 43.9 Å². The van der Waals surface area contributed by atoms with Crippen LogP contribution in [0.3, 0.4) is 0 Å². The molecule has 1 aromatic carbocycles. The van der Waals surface area contributed by atoms with Crippen LogP contribution in [0.5, 0.6) is 0 Å². The highest BCUT2D eigenvalue weighted by molar-refractivity contribution is 5.98. The summed E-state index contributed by atoms with van der Waals surface area (Å²) in [4.78, 5) is 23.6. The lowest BCUT2D eigenvalue weighted by molar-refractivity contribution is -0.151. The Morgan fingerprint density at radius 1 is 1.29 bits per heavy atom. The van der Waals surface area contributed by atoms with Gasteiger partial charge in [0.1, 0.15) is 5.54 Å². The van der Waals surface area contributed by atoms with Crippen molar-refractivity contribution in [3.63, 3.8) is 0 Å². The fraction of sp³-hybridized carbons (Fsp3) is 0.412.